The summed E-state index contributed by atoms with van der Waals surface area (Å²) in [5.74, 6) is 0.749. The van der Waals surface area contributed by atoms with Crippen molar-refractivity contribution in [2.45, 2.75) is 52.0 Å². The minimum atomic E-state index is 0.702. The van der Waals surface area contributed by atoms with Crippen LogP contribution in [0.15, 0.2) is 24.3 Å². The van der Waals surface area contributed by atoms with Crippen LogP contribution >= 0.6 is 0 Å². The van der Waals surface area contributed by atoms with Gasteiger partial charge in [-0.25, -0.2) is 0 Å². The first-order valence-corrected chi connectivity index (χ1v) is 7.29. The number of anilines is 2. The summed E-state index contributed by atoms with van der Waals surface area (Å²) in [6, 6.07) is 9.02. The highest BCUT2D eigenvalue weighted by Crippen LogP contribution is 2.32. The van der Waals surface area contributed by atoms with Gasteiger partial charge in [0, 0.05) is 12.6 Å². The van der Waals surface area contributed by atoms with Crippen molar-refractivity contribution in [2.24, 2.45) is 5.92 Å². The van der Waals surface area contributed by atoms with E-state index >= 15 is 0 Å². The summed E-state index contributed by atoms with van der Waals surface area (Å²) >= 11 is 0. The first kappa shape index (κ1) is 13.3. The summed E-state index contributed by atoms with van der Waals surface area (Å²) in [6.45, 7) is 5.72. The predicted octanol–water partition coefficient (Wildman–Crippen LogP) is 4.06. The number of hydrogen-bond acceptors (Lipinski definition) is 2. The average Bonchev–Trinajstić information content (AvgIpc) is 2.85. The number of benzene rings is 1. The highest BCUT2D eigenvalue weighted by Gasteiger charge is 2.23. The maximum Gasteiger partial charge on any atom is 0.0602 e. The number of para-hydroxylation sites is 2. The van der Waals surface area contributed by atoms with Crippen molar-refractivity contribution in [3.8, 4) is 0 Å². The van der Waals surface area contributed by atoms with Crippen LogP contribution < -0.4 is 10.6 Å². The fourth-order valence-electron chi connectivity index (χ4n) is 2.86. The fourth-order valence-corrected chi connectivity index (χ4v) is 2.86. The van der Waals surface area contributed by atoms with Crippen LogP contribution in [0, 0.1) is 5.92 Å². The van der Waals surface area contributed by atoms with Crippen LogP contribution in [-0.2, 0) is 0 Å². The zero-order valence-electron chi connectivity index (χ0n) is 11.7. The molecule has 2 rings (SSSR count). The highest BCUT2D eigenvalue weighted by atomic mass is 15.2. The monoisotopic (exact) mass is 246 g/mol. The van der Waals surface area contributed by atoms with E-state index in [2.05, 4.69) is 30.9 Å². The van der Waals surface area contributed by atoms with Gasteiger partial charge in [-0.05, 0) is 37.3 Å². The summed E-state index contributed by atoms with van der Waals surface area (Å²) in [5, 5.41) is 0. The van der Waals surface area contributed by atoms with E-state index < -0.39 is 0 Å². The van der Waals surface area contributed by atoms with E-state index in [1.807, 2.05) is 12.1 Å². The molecule has 0 heterocycles. The lowest BCUT2D eigenvalue weighted by Crippen LogP contribution is -2.35. The molecule has 2 nitrogen and oxygen atoms in total. The maximum absolute atomic E-state index is 6.15. The van der Waals surface area contributed by atoms with Crippen LogP contribution in [0.4, 0.5) is 11.4 Å². The van der Waals surface area contributed by atoms with Gasteiger partial charge in [-0.15, -0.1) is 0 Å². The SMILES string of the molecule is CC(C)CCN(c1ccccc1N)C1CCCC1. The number of nitrogens with two attached hydrogens (primary N) is 1. The van der Waals surface area contributed by atoms with Crippen LogP contribution in [0.3, 0.4) is 0 Å². The third-order valence-electron chi connectivity index (χ3n) is 3.96. The number of nitrogens with zero attached hydrogens (tertiary/aromatic N) is 1. The molecule has 0 saturated heterocycles. The highest BCUT2D eigenvalue weighted by molar-refractivity contribution is 5.67. The molecule has 2 heteroatoms. The van der Waals surface area contributed by atoms with Crippen molar-refractivity contribution < 1.29 is 0 Å². The van der Waals surface area contributed by atoms with Crippen LogP contribution in [-0.4, -0.2) is 12.6 Å². The van der Waals surface area contributed by atoms with Gasteiger partial charge < -0.3 is 10.6 Å². The molecule has 0 amide bonds. The lowest BCUT2D eigenvalue weighted by molar-refractivity contribution is 0.529. The topological polar surface area (TPSA) is 29.3 Å². The van der Waals surface area contributed by atoms with Crippen LogP contribution in [0.1, 0.15) is 46.0 Å². The predicted molar refractivity (Wildman–Crippen MR) is 79.9 cm³/mol. The van der Waals surface area contributed by atoms with Gasteiger partial charge in [0.05, 0.1) is 11.4 Å². The third-order valence-corrected chi connectivity index (χ3v) is 3.96. The van der Waals surface area contributed by atoms with E-state index in [1.54, 1.807) is 0 Å². The Morgan fingerprint density at radius 2 is 1.89 bits per heavy atom. The van der Waals surface area contributed by atoms with Crippen molar-refractivity contribution in [3.63, 3.8) is 0 Å². The largest absolute Gasteiger partial charge is 0.397 e. The molecule has 1 fully saturated rings. The molecule has 1 aromatic carbocycles. The minimum Gasteiger partial charge on any atom is -0.397 e. The molecule has 0 aliphatic heterocycles. The number of rotatable bonds is 5. The van der Waals surface area contributed by atoms with Crippen LogP contribution in [0.2, 0.25) is 0 Å². The molecule has 100 valence electrons. The quantitative estimate of drug-likeness (QED) is 0.794. The van der Waals surface area contributed by atoms with Gasteiger partial charge >= 0.3 is 0 Å². The van der Waals surface area contributed by atoms with Crippen molar-refractivity contribution in [3.05, 3.63) is 24.3 Å². The van der Waals surface area contributed by atoms with E-state index in [9.17, 15) is 0 Å². The second-order valence-corrected chi connectivity index (χ2v) is 5.87. The van der Waals surface area contributed by atoms with Gasteiger partial charge in [-0.2, -0.15) is 0 Å². The summed E-state index contributed by atoms with van der Waals surface area (Å²) in [7, 11) is 0. The van der Waals surface area contributed by atoms with Gasteiger partial charge in [0.15, 0.2) is 0 Å². The van der Waals surface area contributed by atoms with E-state index in [1.165, 1.54) is 37.8 Å². The molecule has 0 aromatic heterocycles. The summed E-state index contributed by atoms with van der Waals surface area (Å²) in [6.07, 6.45) is 6.63. The molecular formula is C16H26N2. The van der Waals surface area contributed by atoms with Gasteiger partial charge in [0.1, 0.15) is 0 Å². The summed E-state index contributed by atoms with van der Waals surface area (Å²) in [4.78, 5) is 2.56. The lowest BCUT2D eigenvalue weighted by atomic mass is 10.1. The molecular weight excluding hydrogens is 220 g/mol. The molecule has 1 aliphatic rings. The van der Waals surface area contributed by atoms with E-state index in [-0.39, 0.29) is 0 Å². The standard InChI is InChI=1S/C16H26N2/c1-13(2)11-12-18(14-7-3-4-8-14)16-10-6-5-9-15(16)17/h5-6,9-10,13-14H,3-4,7-8,11-12,17H2,1-2H3. The van der Waals surface area contributed by atoms with Crippen LogP contribution in [0.5, 0.6) is 0 Å². The summed E-state index contributed by atoms with van der Waals surface area (Å²) in [5.41, 5.74) is 8.32. The van der Waals surface area contributed by atoms with E-state index in [0.717, 1.165) is 18.2 Å². The first-order valence-electron chi connectivity index (χ1n) is 7.29. The van der Waals surface area contributed by atoms with Crippen molar-refractivity contribution in [1.82, 2.24) is 0 Å². The zero-order valence-corrected chi connectivity index (χ0v) is 11.7. The Balaban J connectivity index is 2.15. The molecule has 0 unspecified atom stereocenters. The average molecular weight is 246 g/mol. The normalized spacial score (nSPS) is 16.4. The Bertz CT molecular complexity index is 367. The van der Waals surface area contributed by atoms with Gasteiger partial charge in [-0.3, -0.25) is 0 Å². The Morgan fingerprint density at radius 1 is 1.22 bits per heavy atom. The first-order chi connectivity index (χ1) is 8.68. The molecule has 18 heavy (non-hydrogen) atoms. The molecule has 0 atom stereocenters. The van der Waals surface area contributed by atoms with Crippen molar-refractivity contribution in [1.29, 1.82) is 0 Å². The minimum absolute atomic E-state index is 0.702. The second-order valence-electron chi connectivity index (χ2n) is 5.87. The Hall–Kier alpha value is -1.18. The number of hydrogen-bond donors (Lipinski definition) is 1. The van der Waals surface area contributed by atoms with Gasteiger partial charge in [0.25, 0.3) is 0 Å². The smallest absolute Gasteiger partial charge is 0.0602 e. The van der Waals surface area contributed by atoms with Crippen molar-refractivity contribution in [2.75, 3.05) is 17.2 Å². The molecule has 0 spiro atoms. The van der Waals surface area contributed by atoms with E-state index in [4.69, 9.17) is 5.73 Å². The summed E-state index contributed by atoms with van der Waals surface area (Å²) < 4.78 is 0. The van der Waals surface area contributed by atoms with Gasteiger partial charge in [0.2, 0.25) is 0 Å². The number of nitrogen functional groups attached to an aromatic ring is 1. The molecule has 0 radical (unpaired) electrons. The van der Waals surface area contributed by atoms with E-state index in [0.29, 0.717) is 6.04 Å². The Morgan fingerprint density at radius 3 is 2.50 bits per heavy atom. The fraction of sp³-hybridized carbons (Fsp3) is 0.625. The Kier molecular flexibility index (Phi) is 4.51. The molecule has 1 saturated carbocycles. The second kappa shape index (κ2) is 6.12. The van der Waals surface area contributed by atoms with Gasteiger partial charge in [-0.1, -0.05) is 38.8 Å². The molecule has 0 bridgehead atoms. The van der Waals surface area contributed by atoms with Crippen molar-refractivity contribution >= 4 is 11.4 Å². The van der Waals surface area contributed by atoms with Crippen LogP contribution in [0.25, 0.3) is 0 Å². The lowest BCUT2D eigenvalue weighted by Gasteiger charge is -2.32. The Labute approximate surface area is 111 Å². The molecule has 2 N–H and O–H groups in total. The maximum atomic E-state index is 6.15. The third kappa shape index (κ3) is 3.18. The molecule has 1 aliphatic carbocycles. The molecule has 1 aromatic rings. The zero-order chi connectivity index (χ0) is 13.0.